The number of carbonyl (C=O) groups excluding carboxylic acids is 2. The highest BCUT2D eigenvalue weighted by molar-refractivity contribution is 5.92. The fourth-order valence-corrected chi connectivity index (χ4v) is 3.05. The van der Waals surface area contributed by atoms with E-state index in [0.717, 1.165) is 12.0 Å². The molecule has 156 valence electrons. The molecule has 2 aromatic rings. The van der Waals surface area contributed by atoms with Gasteiger partial charge in [0.1, 0.15) is 5.75 Å². The van der Waals surface area contributed by atoms with Crippen molar-refractivity contribution >= 4 is 17.5 Å². The minimum absolute atomic E-state index is 0.0348. The van der Waals surface area contributed by atoms with E-state index in [1.54, 1.807) is 19.2 Å². The number of amides is 2. The first-order valence-electron chi connectivity index (χ1n) is 9.97. The third kappa shape index (κ3) is 7.23. The second-order valence-corrected chi connectivity index (χ2v) is 7.02. The van der Waals surface area contributed by atoms with Gasteiger partial charge in [-0.25, -0.2) is 0 Å². The van der Waals surface area contributed by atoms with Crippen molar-refractivity contribution < 1.29 is 14.3 Å². The number of benzene rings is 2. The molecule has 1 atom stereocenters. The van der Waals surface area contributed by atoms with Crippen molar-refractivity contribution in [2.24, 2.45) is 0 Å². The molecule has 0 saturated heterocycles. The van der Waals surface area contributed by atoms with Crippen LogP contribution in [0.1, 0.15) is 37.4 Å². The van der Waals surface area contributed by atoms with Gasteiger partial charge < -0.3 is 15.4 Å². The SMILES string of the molecule is CC[C@@H](NC(=O)CN(CC)CC(=O)Nc1cccc(OC)c1)c1ccc(C)cc1. The van der Waals surface area contributed by atoms with E-state index < -0.39 is 0 Å². The number of likely N-dealkylation sites (N-methyl/N-ethyl adjacent to an activating group) is 1. The minimum atomic E-state index is -0.168. The van der Waals surface area contributed by atoms with Gasteiger partial charge in [-0.3, -0.25) is 14.5 Å². The maximum atomic E-state index is 12.5. The predicted octanol–water partition coefficient (Wildman–Crippen LogP) is 3.53. The molecule has 0 bridgehead atoms. The molecule has 0 aliphatic rings. The van der Waals surface area contributed by atoms with E-state index in [4.69, 9.17) is 4.74 Å². The summed E-state index contributed by atoms with van der Waals surface area (Å²) in [6.07, 6.45) is 0.803. The van der Waals surface area contributed by atoms with Gasteiger partial charge in [-0.2, -0.15) is 0 Å². The van der Waals surface area contributed by atoms with Gasteiger partial charge in [-0.1, -0.05) is 49.7 Å². The third-order valence-electron chi connectivity index (χ3n) is 4.76. The van der Waals surface area contributed by atoms with Crippen molar-refractivity contribution in [2.75, 3.05) is 32.1 Å². The number of nitrogens with zero attached hydrogens (tertiary/aromatic N) is 1. The van der Waals surface area contributed by atoms with Crippen LogP contribution in [0.4, 0.5) is 5.69 Å². The summed E-state index contributed by atoms with van der Waals surface area (Å²) in [5.41, 5.74) is 2.94. The number of nitrogens with one attached hydrogen (secondary N) is 2. The van der Waals surface area contributed by atoms with Crippen LogP contribution in [0.5, 0.6) is 5.75 Å². The van der Waals surface area contributed by atoms with Gasteiger partial charge >= 0.3 is 0 Å². The Labute approximate surface area is 173 Å². The lowest BCUT2D eigenvalue weighted by atomic mass is 10.0. The molecule has 2 rings (SSSR count). The predicted molar refractivity (Wildman–Crippen MR) is 116 cm³/mol. The monoisotopic (exact) mass is 397 g/mol. The zero-order valence-electron chi connectivity index (χ0n) is 17.7. The normalized spacial score (nSPS) is 11.8. The van der Waals surface area contributed by atoms with Crippen LogP contribution in [-0.2, 0) is 9.59 Å². The standard InChI is InChI=1S/C23H31N3O3/c1-5-21(18-12-10-17(3)11-13-18)25-23(28)16-26(6-2)15-22(27)24-19-8-7-9-20(14-19)29-4/h7-14,21H,5-6,15-16H2,1-4H3,(H,24,27)(H,25,28)/t21-/m1/s1. The van der Waals surface area contributed by atoms with Gasteiger partial charge in [0.15, 0.2) is 0 Å². The number of rotatable bonds is 10. The van der Waals surface area contributed by atoms with Crippen LogP contribution < -0.4 is 15.4 Å². The number of hydrogen-bond donors (Lipinski definition) is 2. The Hall–Kier alpha value is -2.86. The highest BCUT2D eigenvalue weighted by Gasteiger charge is 2.17. The van der Waals surface area contributed by atoms with E-state index in [-0.39, 0.29) is 30.9 Å². The largest absolute Gasteiger partial charge is 0.497 e. The van der Waals surface area contributed by atoms with Crippen molar-refractivity contribution in [1.82, 2.24) is 10.2 Å². The van der Waals surface area contributed by atoms with Crippen molar-refractivity contribution in [1.29, 1.82) is 0 Å². The van der Waals surface area contributed by atoms with Crippen LogP contribution in [0.3, 0.4) is 0 Å². The average molecular weight is 398 g/mol. The molecule has 0 aliphatic carbocycles. The summed E-state index contributed by atoms with van der Waals surface area (Å²) in [5, 5.41) is 5.92. The molecular weight excluding hydrogens is 366 g/mol. The second kappa shape index (κ2) is 11.2. The Kier molecular flexibility index (Phi) is 8.68. The summed E-state index contributed by atoms with van der Waals surface area (Å²) in [5.74, 6) is 0.420. The summed E-state index contributed by atoms with van der Waals surface area (Å²) >= 11 is 0. The molecule has 6 heteroatoms. The maximum absolute atomic E-state index is 12.5. The molecule has 0 heterocycles. The van der Waals surface area contributed by atoms with Crippen LogP contribution in [0.25, 0.3) is 0 Å². The summed E-state index contributed by atoms with van der Waals surface area (Å²) < 4.78 is 5.17. The molecule has 0 aromatic heterocycles. The van der Waals surface area contributed by atoms with Crippen LogP contribution in [0.15, 0.2) is 48.5 Å². The Morgan fingerprint density at radius 3 is 2.34 bits per heavy atom. The van der Waals surface area contributed by atoms with Gasteiger partial charge in [-0.15, -0.1) is 0 Å². The Balaban J connectivity index is 1.89. The lowest BCUT2D eigenvalue weighted by Gasteiger charge is -2.22. The van der Waals surface area contributed by atoms with Crippen molar-refractivity contribution in [2.45, 2.75) is 33.2 Å². The van der Waals surface area contributed by atoms with E-state index >= 15 is 0 Å². The third-order valence-corrected chi connectivity index (χ3v) is 4.76. The highest BCUT2D eigenvalue weighted by Crippen LogP contribution is 2.18. The molecule has 6 nitrogen and oxygen atoms in total. The first-order chi connectivity index (χ1) is 13.9. The molecule has 0 saturated carbocycles. The molecule has 0 radical (unpaired) electrons. The molecule has 2 N–H and O–H groups in total. The van der Waals surface area contributed by atoms with Crippen LogP contribution in [0.2, 0.25) is 0 Å². The first kappa shape index (κ1) is 22.4. The fourth-order valence-electron chi connectivity index (χ4n) is 3.05. The van der Waals surface area contributed by atoms with Gasteiger partial charge in [-0.05, 0) is 37.6 Å². The number of methoxy groups -OCH3 is 1. The van der Waals surface area contributed by atoms with E-state index in [1.165, 1.54) is 5.56 Å². The lowest BCUT2D eigenvalue weighted by molar-refractivity contribution is -0.124. The Bertz CT molecular complexity index is 805. The topological polar surface area (TPSA) is 70.7 Å². The van der Waals surface area contributed by atoms with Gasteiger partial charge in [0.25, 0.3) is 0 Å². The number of hydrogen-bond acceptors (Lipinski definition) is 4. The van der Waals surface area contributed by atoms with E-state index in [1.807, 2.05) is 62.1 Å². The van der Waals surface area contributed by atoms with Crippen molar-refractivity contribution in [3.63, 3.8) is 0 Å². The molecule has 29 heavy (non-hydrogen) atoms. The Morgan fingerprint density at radius 2 is 1.72 bits per heavy atom. The number of aryl methyl sites for hydroxylation is 1. The molecule has 0 unspecified atom stereocenters. The zero-order valence-corrected chi connectivity index (χ0v) is 17.7. The molecule has 0 spiro atoms. The molecule has 0 fully saturated rings. The molecule has 2 amide bonds. The first-order valence-corrected chi connectivity index (χ1v) is 9.97. The van der Waals surface area contributed by atoms with Crippen LogP contribution >= 0.6 is 0 Å². The average Bonchev–Trinajstić information content (AvgIpc) is 2.72. The lowest BCUT2D eigenvalue weighted by Crippen LogP contribution is -2.42. The fraction of sp³-hybridized carbons (Fsp3) is 0.391. The van der Waals surface area contributed by atoms with Crippen LogP contribution in [-0.4, -0.2) is 43.5 Å². The van der Waals surface area contributed by atoms with E-state index in [0.29, 0.717) is 18.0 Å². The van der Waals surface area contributed by atoms with E-state index in [2.05, 4.69) is 10.6 Å². The molecule has 2 aromatic carbocycles. The summed E-state index contributed by atoms with van der Waals surface area (Å²) in [7, 11) is 1.58. The summed E-state index contributed by atoms with van der Waals surface area (Å²) in [6, 6.07) is 15.3. The van der Waals surface area contributed by atoms with E-state index in [9.17, 15) is 9.59 Å². The summed E-state index contributed by atoms with van der Waals surface area (Å²) in [6.45, 7) is 6.93. The highest BCUT2D eigenvalue weighted by atomic mass is 16.5. The van der Waals surface area contributed by atoms with Crippen molar-refractivity contribution in [3.05, 3.63) is 59.7 Å². The minimum Gasteiger partial charge on any atom is -0.497 e. The van der Waals surface area contributed by atoms with Crippen LogP contribution in [0, 0.1) is 6.92 Å². The molecule has 0 aliphatic heterocycles. The smallest absolute Gasteiger partial charge is 0.238 e. The van der Waals surface area contributed by atoms with Gasteiger partial charge in [0.05, 0.1) is 26.2 Å². The maximum Gasteiger partial charge on any atom is 0.238 e. The number of anilines is 1. The summed E-state index contributed by atoms with van der Waals surface area (Å²) in [4.78, 5) is 26.7. The van der Waals surface area contributed by atoms with Gasteiger partial charge in [0.2, 0.25) is 11.8 Å². The quantitative estimate of drug-likeness (QED) is 0.643. The number of ether oxygens (including phenoxy) is 1. The van der Waals surface area contributed by atoms with Gasteiger partial charge in [0, 0.05) is 11.8 Å². The van der Waals surface area contributed by atoms with Crippen molar-refractivity contribution in [3.8, 4) is 5.75 Å². The molecular formula is C23H31N3O3. The zero-order chi connectivity index (χ0) is 21.2. The Morgan fingerprint density at radius 1 is 1.03 bits per heavy atom. The number of carbonyl (C=O) groups is 2. The second-order valence-electron chi connectivity index (χ2n) is 7.02.